The van der Waals surface area contributed by atoms with Crippen molar-refractivity contribution in [1.82, 2.24) is 4.98 Å². The van der Waals surface area contributed by atoms with Crippen LogP contribution in [0.2, 0.25) is 0 Å². The zero-order valence-electron chi connectivity index (χ0n) is 17.3. The number of fused-ring (bicyclic) bond motifs is 4. The molecular formula is C23H29N2O4+. The van der Waals surface area contributed by atoms with Crippen LogP contribution in [0.3, 0.4) is 0 Å². The standard InChI is InChI=1S/C23H28N2O4/c1-28-19(26)8-12-23(13-9-20(27)29-2)11-5-14-25-15-10-17-16-6-3-4-7-18(16)24-21(17)22(23)25/h3-4,6-7H,5,8-15H2,1-2H3/p+1. The highest BCUT2D eigenvalue weighted by Gasteiger charge is 2.48. The maximum absolute atomic E-state index is 12.0. The van der Waals surface area contributed by atoms with E-state index in [1.807, 2.05) is 0 Å². The van der Waals surface area contributed by atoms with Crippen LogP contribution < -0.4 is 0 Å². The van der Waals surface area contributed by atoms with Crippen LogP contribution in [-0.4, -0.2) is 54.5 Å². The number of para-hydroxylation sites is 1. The Morgan fingerprint density at radius 3 is 2.45 bits per heavy atom. The highest BCUT2D eigenvalue weighted by molar-refractivity contribution is 6.06. The Bertz CT molecular complexity index is 952. The summed E-state index contributed by atoms with van der Waals surface area (Å²) in [5, 5.41) is 1.27. The summed E-state index contributed by atoms with van der Waals surface area (Å²) in [6.45, 7) is 1.99. The zero-order chi connectivity index (χ0) is 20.4. The van der Waals surface area contributed by atoms with Crippen molar-refractivity contribution < 1.29 is 23.6 Å². The molecule has 0 bridgehead atoms. The lowest BCUT2D eigenvalue weighted by molar-refractivity contribution is -0.538. The molecule has 0 unspecified atom stereocenters. The number of rotatable bonds is 6. The van der Waals surface area contributed by atoms with Crippen LogP contribution in [0.25, 0.3) is 10.9 Å². The summed E-state index contributed by atoms with van der Waals surface area (Å²) in [6, 6.07) is 8.42. The first-order valence-corrected chi connectivity index (χ1v) is 10.4. The van der Waals surface area contributed by atoms with Gasteiger partial charge in [-0.25, -0.2) is 4.58 Å². The van der Waals surface area contributed by atoms with E-state index in [9.17, 15) is 9.59 Å². The second-order valence-corrected chi connectivity index (χ2v) is 8.15. The molecule has 0 saturated heterocycles. The van der Waals surface area contributed by atoms with E-state index < -0.39 is 0 Å². The van der Waals surface area contributed by atoms with Gasteiger partial charge in [0.2, 0.25) is 5.71 Å². The maximum Gasteiger partial charge on any atom is 0.305 e. The molecular weight excluding hydrogens is 368 g/mol. The number of benzene rings is 1. The van der Waals surface area contributed by atoms with Crippen LogP contribution >= 0.6 is 0 Å². The number of esters is 2. The third-order valence-electron chi connectivity index (χ3n) is 6.65. The molecule has 4 rings (SSSR count). The van der Waals surface area contributed by atoms with Gasteiger partial charge in [0, 0.05) is 36.6 Å². The monoisotopic (exact) mass is 397 g/mol. The minimum absolute atomic E-state index is 0.201. The lowest BCUT2D eigenvalue weighted by atomic mass is 9.67. The fourth-order valence-electron chi connectivity index (χ4n) is 5.23. The molecule has 0 aliphatic carbocycles. The molecule has 3 heterocycles. The molecule has 1 N–H and O–H groups in total. The second-order valence-electron chi connectivity index (χ2n) is 8.15. The van der Waals surface area contributed by atoms with Crippen LogP contribution in [0.5, 0.6) is 0 Å². The molecule has 6 nitrogen and oxygen atoms in total. The number of carbonyl (C=O) groups is 2. The molecule has 2 aliphatic heterocycles. The minimum atomic E-state index is -0.239. The van der Waals surface area contributed by atoms with Gasteiger partial charge >= 0.3 is 11.9 Å². The largest absolute Gasteiger partial charge is 0.469 e. The van der Waals surface area contributed by atoms with Gasteiger partial charge in [0.15, 0.2) is 0 Å². The van der Waals surface area contributed by atoms with Crippen LogP contribution in [-0.2, 0) is 25.5 Å². The summed E-state index contributed by atoms with van der Waals surface area (Å²) in [4.78, 5) is 27.6. The first-order chi connectivity index (χ1) is 14.1. The SMILES string of the molecule is COC(=O)CCC1(CCC(=O)OC)CCC[N+]2=C1c1[nH]c3ccccc3c1CC2. The van der Waals surface area contributed by atoms with E-state index in [0.717, 1.165) is 37.9 Å². The van der Waals surface area contributed by atoms with Gasteiger partial charge in [-0.05, 0) is 30.9 Å². The summed E-state index contributed by atoms with van der Waals surface area (Å²) >= 11 is 0. The number of nitrogens with zero attached hydrogens (tertiary/aromatic N) is 1. The van der Waals surface area contributed by atoms with Gasteiger partial charge in [0.25, 0.3) is 0 Å². The highest BCUT2D eigenvalue weighted by atomic mass is 16.5. The number of H-pyrrole nitrogens is 1. The molecule has 0 atom stereocenters. The number of nitrogens with one attached hydrogen (secondary N) is 1. The lowest BCUT2D eigenvalue weighted by Crippen LogP contribution is -2.47. The number of ether oxygens (including phenoxy) is 2. The van der Waals surface area contributed by atoms with Crippen molar-refractivity contribution in [2.75, 3.05) is 27.3 Å². The molecule has 29 heavy (non-hydrogen) atoms. The van der Waals surface area contributed by atoms with Crippen LogP contribution in [0, 0.1) is 5.41 Å². The zero-order valence-corrected chi connectivity index (χ0v) is 17.3. The number of hydrogen-bond donors (Lipinski definition) is 1. The smallest absolute Gasteiger partial charge is 0.305 e. The van der Waals surface area contributed by atoms with E-state index in [1.54, 1.807) is 0 Å². The van der Waals surface area contributed by atoms with Crippen molar-refractivity contribution >= 4 is 28.6 Å². The quantitative estimate of drug-likeness (QED) is 0.600. The molecule has 0 fully saturated rings. The van der Waals surface area contributed by atoms with Gasteiger partial charge in [0.05, 0.1) is 19.6 Å². The van der Waals surface area contributed by atoms with Crippen molar-refractivity contribution in [1.29, 1.82) is 0 Å². The van der Waals surface area contributed by atoms with Crippen molar-refractivity contribution in [2.45, 2.75) is 44.9 Å². The molecule has 0 radical (unpaired) electrons. The summed E-state index contributed by atoms with van der Waals surface area (Å²) in [5.74, 6) is -0.402. The molecule has 1 aromatic carbocycles. The third-order valence-corrected chi connectivity index (χ3v) is 6.65. The average Bonchev–Trinajstić information content (AvgIpc) is 3.14. The predicted molar refractivity (Wildman–Crippen MR) is 110 cm³/mol. The van der Waals surface area contributed by atoms with E-state index in [2.05, 4.69) is 33.8 Å². The maximum atomic E-state index is 12.0. The Balaban J connectivity index is 1.80. The molecule has 0 saturated carbocycles. The molecule has 0 spiro atoms. The Hall–Kier alpha value is -2.63. The van der Waals surface area contributed by atoms with Gasteiger partial charge < -0.3 is 14.5 Å². The molecule has 2 aromatic rings. The van der Waals surface area contributed by atoms with E-state index in [-0.39, 0.29) is 17.4 Å². The van der Waals surface area contributed by atoms with Crippen LogP contribution in [0.1, 0.15) is 49.8 Å². The molecule has 2 aliphatic rings. The minimum Gasteiger partial charge on any atom is -0.469 e. The average molecular weight is 397 g/mol. The first kappa shape index (κ1) is 19.7. The van der Waals surface area contributed by atoms with Crippen molar-refractivity contribution in [3.8, 4) is 0 Å². The fourth-order valence-corrected chi connectivity index (χ4v) is 5.23. The molecule has 154 valence electrons. The fraction of sp³-hybridized carbons (Fsp3) is 0.522. The topological polar surface area (TPSA) is 71.4 Å². The second kappa shape index (κ2) is 8.01. The van der Waals surface area contributed by atoms with E-state index in [1.165, 1.54) is 36.6 Å². The Labute approximate surface area is 170 Å². The third kappa shape index (κ3) is 3.56. The van der Waals surface area contributed by atoms with Gasteiger partial charge in [-0.3, -0.25) is 9.59 Å². The number of aromatic nitrogens is 1. The predicted octanol–water partition coefficient (Wildman–Crippen LogP) is 3.21. The van der Waals surface area contributed by atoms with E-state index in [0.29, 0.717) is 25.7 Å². The first-order valence-electron chi connectivity index (χ1n) is 10.4. The Morgan fingerprint density at radius 1 is 1.07 bits per heavy atom. The molecule has 1 aromatic heterocycles. The number of hydrogen-bond acceptors (Lipinski definition) is 4. The van der Waals surface area contributed by atoms with Crippen LogP contribution in [0.4, 0.5) is 0 Å². The Kier molecular flexibility index (Phi) is 5.43. The van der Waals surface area contributed by atoms with Gasteiger partial charge in [-0.2, -0.15) is 0 Å². The highest BCUT2D eigenvalue weighted by Crippen LogP contribution is 2.44. The number of methoxy groups -OCH3 is 2. The summed E-state index contributed by atoms with van der Waals surface area (Å²) < 4.78 is 12.3. The molecule has 6 heteroatoms. The number of carbonyl (C=O) groups excluding carboxylic acids is 2. The van der Waals surface area contributed by atoms with E-state index >= 15 is 0 Å². The summed E-state index contributed by atoms with van der Waals surface area (Å²) in [7, 11) is 2.86. The van der Waals surface area contributed by atoms with Gasteiger partial charge in [-0.1, -0.05) is 18.2 Å². The summed E-state index contributed by atoms with van der Waals surface area (Å²) in [5.41, 5.74) is 4.72. The van der Waals surface area contributed by atoms with Crippen molar-refractivity contribution in [3.05, 3.63) is 35.5 Å². The van der Waals surface area contributed by atoms with Crippen molar-refractivity contribution in [3.63, 3.8) is 0 Å². The molecule has 0 amide bonds. The van der Waals surface area contributed by atoms with Gasteiger partial charge in [0.1, 0.15) is 18.8 Å². The van der Waals surface area contributed by atoms with E-state index in [4.69, 9.17) is 9.47 Å². The normalized spacial score (nSPS) is 17.6. The number of aromatic amines is 1. The lowest BCUT2D eigenvalue weighted by Gasteiger charge is -2.37. The summed E-state index contributed by atoms with van der Waals surface area (Å²) in [6.07, 6.45) is 5.08. The van der Waals surface area contributed by atoms with Crippen LogP contribution in [0.15, 0.2) is 24.3 Å². The Morgan fingerprint density at radius 2 is 1.76 bits per heavy atom. The van der Waals surface area contributed by atoms with Gasteiger partial charge in [-0.15, -0.1) is 0 Å². The van der Waals surface area contributed by atoms with Crippen molar-refractivity contribution in [2.24, 2.45) is 5.41 Å².